The molecule has 0 radical (unpaired) electrons. The van der Waals surface area contributed by atoms with Gasteiger partial charge in [0.05, 0.1) is 17.3 Å². The van der Waals surface area contributed by atoms with Crippen LogP contribution < -0.4 is 16.0 Å². The molecule has 1 atom stereocenters. The molecule has 6 nitrogen and oxygen atoms in total. The van der Waals surface area contributed by atoms with Crippen molar-refractivity contribution in [3.63, 3.8) is 0 Å². The number of anilines is 3. The number of aromatic nitrogens is 2. The largest absolute Gasteiger partial charge is 0.355 e. The monoisotopic (exact) mass is 334 g/mol. The van der Waals surface area contributed by atoms with Crippen molar-refractivity contribution in [2.45, 2.75) is 38.6 Å². The maximum atomic E-state index is 9.22. The topological polar surface area (TPSA) is 90.9 Å². The van der Waals surface area contributed by atoms with E-state index in [4.69, 9.17) is 15.7 Å². The minimum atomic E-state index is 0.221. The van der Waals surface area contributed by atoms with Gasteiger partial charge in [0.1, 0.15) is 5.82 Å². The van der Waals surface area contributed by atoms with Crippen LogP contribution in [0.3, 0.4) is 0 Å². The summed E-state index contributed by atoms with van der Waals surface area (Å²) in [5.41, 5.74) is 11.0. The molecule has 6 heteroatoms. The summed E-state index contributed by atoms with van der Waals surface area (Å²) in [6, 6.07) is 8.18. The number of hydrogen-bond donors (Lipinski definition) is 2. The van der Waals surface area contributed by atoms with Gasteiger partial charge in [0.2, 0.25) is 5.95 Å². The van der Waals surface area contributed by atoms with Crippen LogP contribution in [0.25, 0.3) is 0 Å². The van der Waals surface area contributed by atoms with Gasteiger partial charge in [-0.1, -0.05) is 6.07 Å². The van der Waals surface area contributed by atoms with E-state index >= 15 is 0 Å². The van der Waals surface area contributed by atoms with Crippen molar-refractivity contribution >= 4 is 17.5 Å². The maximum Gasteiger partial charge on any atom is 0.229 e. The van der Waals surface area contributed by atoms with Crippen molar-refractivity contribution in [2.24, 2.45) is 5.73 Å². The van der Waals surface area contributed by atoms with Crippen molar-refractivity contribution in [1.29, 1.82) is 5.26 Å². The van der Waals surface area contributed by atoms with Crippen LogP contribution in [0.4, 0.5) is 17.5 Å². The van der Waals surface area contributed by atoms with Crippen LogP contribution in [0.1, 0.15) is 35.2 Å². The maximum absolute atomic E-state index is 9.22. The highest BCUT2D eigenvalue weighted by atomic mass is 15.3. The standard InChI is InChI=1S/C19H22N6/c1-12-5-6-15(9-13(12)10-20)22-19-23-17-4-2-3-16(17)18(24-19)25-8-7-14(21)11-25/h5-6,9,14H,2-4,7-8,11,21H2,1H3,(H,22,23,24)/t14-/m0/s1. The van der Waals surface area contributed by atoms with E-state index in [1.807, 2.05) is 25.1 Å². The van der Waals surface area contributed by atoms with E-state index in [1.165, 1.54) is 5.56 Å². The number of aryl methyl sites for hydroxylation is 2. The summed E-state index contributed by atoms with van der Waals surface area (Å²) < 4.78 is 0. The summed E-state index contributed by atoms with van der Waals surface area (Å²) >= 11 is 0. The van der Waals surface area contributed by atoms with E-state index in [9.17, 15) is 5.26 Å². The molecule has 0 amide bonds. The van der Waals surface area contributed by atoms with Crippen LogP contribution >= 0.6 is 0 Å². The van der Waals surface area contributed by atoms with Crippen molar-refractivity contribution < 1.29 is 0 Å². The second-order valence-corrected chi connectivity index (χ2v) is 6.91. The van der Waals surface area contributed by atoms with Crippen molar-refractivity contribution in [3.05, 3.63) is 40.6 Å². The molecule has 25 heavy (non-hydrogen) atoms. The van der Waals surface area contributed by atoms with Crippen LogP contribution in [0.15, 0.2) is 18.2 Å². The molecule has 0 spiro atoms. The summed E-state index contributed by atoms with van der Waals surface area (Å²) in [7, 11) is 0. The summed E-state index contributed by atoms with van der Waals surface area (Å²) in [5.74, 6) is 1.63. The Morgan fingerprint density at radius 2 is 2.20 bits per heavy atom. The Hall–Kier alpha value is -2.65. The molecule has 128 valence electrons. The number of hydrogen-bond acceptors (Lipinski definition) is 6. The minimum Gasteiger partial charge on any atom is -0.355 e. The van der Waals surface area contributed by atoms with E-state index in [0.29, 0.717) is 11.5 Å². The fourth-order valence-electron chi connectivity index (χ4n) is 3.66. The first-order chi connectivity index (χ1) is 12.1. The average Bonchev–Trinajstić information content (AvgIpc) is 3.24. The first-order valence-corrected chi connectivity index (χ1v) is 8.82. The average molecular weight is 334 g/mol. The van der Waals surface area contributed by atoms with Crippen LogP contribution in [0, 0.1) is 18.3 Å². The van der Waals surface area contributed by atoms with E-state index in [2.05, 4.69) is 16.3 Å². The summed E-state index contributed by atoms with van der Waals surface area (Å²) in [6.07, 6.45) is 4.17. The van der Waals surface area contributed by atoms with E-state index in [1.54, 1.807) is 0 Å². The molecular weight excluding hydrogens is 312 g/mol. The molecule has 1 saturated heterocycles. The molecule has 0 saturated carbocycles. The molecule has 3 N–H and O–H groups in total. The summed E-state index contributed by atoms with van der Waals surface area (Å²) in [6.45, 7) is 3.74. The third kappa shape index (κ3) is 3.03. The zero-order valence-electron chi connectivity index (χ0n) is 14.4. The lowest BCUT2D eigenvalue weighted by atomic mass is 10.1. The van der Waals surface area contributed by atoms with Crippen molar-refractivity contribution in [1.82, 2.24) is 9.97 Å². The first kappa shape index (κ1) is 15.9. The Morgan fingerprint density at radius 3 is 2.96 bits per heavy atom. The van der Waals surface area contributed by atoms with E-state index < -0.39 is 0 Å². The lowest BCUT2D eigenvalue weighted by Crippen LogP contribution is -2.28. The molecule has 1 aliphatic heterocycles. The van der Waals surface area contributed by atoms with Crippen LogP contribution in [0.5, 0.6) is 0 Å². The molecule has 2 aliphatic rings. The molecule has 0 bridgehead atoms. The molecule has 1 aromatic heterocycles. The number of nitrogens with one attached hydrogen (secondary N) is 1. The number of benzene rings is 1. The van der Waals surface area contributed by atoms with Gasteiger partial charge in [-0.2, -0.15) is 10.2 Å². The van der Waals surface area contributed by atoms with Crippen LogP contribution in [-0.2, 0) is 12.8 Å². The molecule has 0 unspecified atom stereocenters. The Balaban J connectivity index is 1.68. The lowest BCUT2D eigenvalue weighted by Gasteiger charge is -2.21. The second-order valence-electron chi connectivity index (χ2n) is 6.91. The fraction of sp³-hybridized carbons (Fsp3) is 0.421. The third-order valence-corrected chi connectivity index (χ3v) is 5.05. The molecular formula is C19H22N6. The molecule has 1 aliphatic carbocycles. The van der Waals surface area contributed by atoms with Gasteiger partial charge < -0.3 is 16.0 Å². The van der Waals surface area contributed by atoms with Crippen molar-refractivity contribution in [3.8, 4) is 6.07 Å². The van der Waals surface area contributed by atoms with E-state index in [0.717, 1.165) is 61.5 Å². The SMILES string of the molecule is Cc1ccc(Nc2nc3c(c(N4CC[C@H](N)C4)n2)CCC3)cc1C#N. The summed E-state index contributed by atoms with van der Waals surface area (Å²) in [4.78, 5) is 11.8. The third-order valence-electron chi connectivity index (χ3n) is 5.05. The van der Waals surface area contributed by atoms with Gasteiger partial charge in [0, 0.05) is 30.4 Å². The van der Waals surface area contributed by atoms with Gasteiger partial charge in [0.25, 0.3) is 0 Å². The zero-order valence-corrected chi connectivity index (χ0v) is 14.4. The molecule has 4 rings (SSSR count). The van der Waals surface area contributed by atoms with Crippen LogP contribution in [0.2, 0.25) is 0 Å². The van der Waals surface area contributed by atoms with Crippen molar-refractivity contribution in [2.75, 3.05) is 23.3 Å². The van der Waals surface area contributed by atoms with Gasteiger partial charge in [0.15, 0.2) is 0 Å². The Labute approximate surface area is 147 Å². The van der Waals surface area contributed by atoms with Gasteiger partial charge in [-0.05, 0) is 50.3 Å². The minimum absolute atomic E-state index is 0.221. The summed E-state index contributed by atoms with van der Waals surface area (Å²) in [5, 5.41) is 12.5. The highest BCUT2D eigenvalue weighted by Gasteiger charge is 2.27. The normalized spacial score (nSPS) is 18.9. The van der Waals surface area contributed by atoms with Gasteiger partial charge in [-0.3, -0.25) is 0 Å². The second kappa shape index (κ2) is 6.34. The van der Waals surface area contributed by atoms with Gasteiger partial charge in [-0.25, -0.2) is 4.98 Å². The predicted octanol–water partition coefficient (Wildman–Crippen LogP) is 2.43. The first-order valence-electron chi connectivity index (χ1n) is 8.82. The molecule has 2 aromatic rings. The highest BCUT2D eigenvalue weighted by Crippen LogP contribution is 2.32. The number of nitrogens with two attached hydrogens (primary N) is 1. The molecule has 1 aromatic carbocycles. The quantitative estimate of drug-likeness (QED) is 0.896. The van der Waals surface area contributed by atoms with E-state index in [-0.39, 0.29) is 6.04 Å². The Bertz CT molecular complexity index is 854. The molecule has 2 heterocycles. The zero-order chi connectivity index (χ0) is 17.4. The fourth-order valence-corrected chi connectivity index (χ4v) is 3.66. The van der Waals surface area contributed by atoms with Gasteiger partial charge >= 0.3 is 0 Å². The number of rotatable bonds is 3. The highest BCUT2D eigenvalue weighted by molar-refractivity contribution is 5.62. The predicted molar refractivity (Wildman–Crippen MR) is 98.0 cm³/mol. The number of nitrogens with zero attached hydrogens (tertiary/aromatic N) is 4. The Kier molecular flexibility index (Phi) is 4.02. The number of fused-ring (bicyclic) bond motifs is 1. The smallest absolute Gasteiger partial charge is 0.229 e. The molecule has 1 fully saturated rings. The Morgan fingerprint density at radius 1 is 1.32 bits per heavy atom. The van der Waals surface area contributed by atoms with Crippen LogP contribution in [-0.4, -0.2) is 29.1 Å². The number of nitriles is 1. The lowest BCUT2D eigenvalue weighted by molar-refractivity contribution is 0.751. The van der Waals surface area contributed by atoms with Gasteiger partial charge in [-0.15, -0.1) is 0 Å².